The summed E-state index contributed by atoms with van der Waals surface area (Å²) in [5, 5.41) is 8.78. The van der Waals surface area contributed by atoms with Crippen LogP contribution in [0, 0.1) is 0 Å². The van der Waals surface area contributed by atoms with E-state index in [-0.39, 0.29) is 6.61 Å². The minimum atomic E-state index is 0.275. The van der Waals surface area contributed by atoms with Crippen LogP contribution < -0.4 is 0 Å². The Kier molecular flexibility index (Phi) is 3.98. The number of likely N-dealkylation sites (N-methyl/N-ethyl adjacent to an activating group) is 2. The zero-order chi connectivity index (χ0) is 8.97. The first-order chi connectivity index (χ1) is 5.74. The van der Waals surface area contributed by atoms with E-state index in [1.165, 1.54) is 19.4 Å². The largest absolute Gasteiger partial charge is 0.395 e. The predicted molar refractivity (Wildman–Crippen MR) is 50.2 cm³/mol. The van der Waals surface area contributed by atoms with Gasteiger partial charge in [0.15, 0.2) is 0 Å². The van der Waals surface area contributed by atoms with Crippen LogP contribution in [0.5, 0.6) is 0 Å². The molecule has 12 heavy (non-hydrogen) atoms. The first-order valence-corrected chi connectivity index (χ1v) is 4.73. The summed E-state index contributed by atoms with van der Waals surface area (Å²) in [4.78, 5) is 4.62. The molecule has 0 aliphatic carbocycles. The highest BCUT2D eigenvalue weighted by Crippen LogP contribution is 2.12. The zero-order valence-corrected chi connectivity index (χ0v) is 8.16. The highest BCUT2D eigenvalue weighted by Gasteiger charge is 2.19. The van der Waals surface area contributed by atoms with Crippen LogP contribution in [-0.4, -0.2) is 61.3 Å². The van der Waals surface area contributed by atoms with E-state index in [9.17, 15) is 0 Å². The maximum absolute atomic E-state index is 8.78. The second-order valence-corrected chi connectivity index (χ2v) is 3.76. The fourth-order valence-electron chi connectivity index (χ4n) is 1.84. The normalized spacial score (nSPS) is 26.5. The summed E-state index contributed by atoms with van der Waals surface area (Å²) in [5.74, 6) is 0. The van der Waals surface area contributed by atoms with Crippen molar-refractivity contribution in [3.63, 3.8) is 0 Å². The van der Waals surface area contributed by atoms with Crippen LogP contribution in [0.1, 0.15) is 12.8 Å². The number of nitrogens with zero attached hydrogens (tertiary/aromatic N) is 2. The van der Waals surface area contributed by atoms with Crippen LogP contribution >= 0.6 is 0 Å². The van der Waals surface area contributed by atoms with Gasteiger partial charge in [0, 0.05) is 19.1 Å². The molecule has 0 aromatic rings. The average molecular weight is 172 g/mol. The number of aliphatic hydroxyl groups is 1. The lowest BCUT2D eigenvalue weighted by molar-refractivity contribution is 0.115. The second-order valence-electron chi connectivity index (χ2n) is 3.76. The van der Waals surface area contributed by atoms with Crippen LogP contribution in [0.2, 0.25) is 0 Å². The Morgan fingerprint density at radius 1 is 1.58 bits per heavy atom. The first-order valence-electron chi connectivity index (χ1n) is 4.73. The summed E-state index contributed by atoms with van der Waals surface area (Å²) in [6.45, 7) is 3.45. The third-order valence-corrected chi connectivity index (χ3v) is 2.68. The molecule has 0 radical (unpaired) electrons. The molecule has 1 heterocycles. The van der Waals surface area contributed by atoms with E-state index in [4.69, 9.17) is 5.11 Å². The van der Waals surface area contributed by atoms with E-state index in [0.29, 0.717) is 6.04 Å². The fraction of sp³-hybridized carbons (Fsp3) is 1.00. The van der Waals surface area contributed by atoms with Crippen molar-refractivity contribution in [3.05, 3.63) is 0 Å². The van der Waals surface area contributed by atoms with Crippen LogP contribution in [0.4, 0.5) is 0 Å². The van der Waals surface area contributed by atoms with Gasteiger partial charge in [0.1, 0.15) is 0 Å². The lowest BCUT2D eigenvalue weighted by Crippen LogP contribution is -2.45. The summed E-state index contributed by atoms with van der Waals surface area (Å²) in [7, 11) is 4.26. The van der Waals surface area contributed by atoms with Gasteiger partial charge < -0.3 is 10.0 Å². The molecule has 0 aromatic heterocycles. The molecule has 0 spiro atoms. The van der Waals surface area contributed by atoms with Crippen LogP contribution in [0.15, 0.2) is 0 Å². The Morgan fingerprint density at radius 3 is 2.92 bits per heavy atom. The monoisotopic (exact) mass is 172 g/mol. The number of hydrogen-bond donors (Lipinski definition) is 1. The van der Waals surface area contributed by atoms with Crippen molar-refractivity contribution in [1.29, 1.82) is 0 Å². The molecule has 1 atom stereocenters. The standard InChI is InChI=1S/C9H20N2O/c1-10-5-3-4-9(8-10)11(2)6-7-12/h9,12H,3-8H2,1-2H3/t9-/m1/s1. The quantitative estimate of drug-likeness (QED) is 0.649. The highest BCUT2D eigenvalue weighted by molar-refractivity contribution is 4.77. The Morgan fingerprint density at radius 2 is 2.33 bits per heavy atom. The van der Waals surface area contributed by atoms with Crippen molar-refractivity contribution in [3.8, 4) is 0 Å². The van der Waals surface area contributed by atoms with E-state index in [1.807, 2.05) is 0 Å². The maximum atomic E-state index is 8.78. The minimum Gasteiger partial charge on any atom is -0.395 e. The molecular formula is C9H20N2O. The van der Waals surface area contributed by atoms with Gasteiger partial charge in [0.05, 0.1) is 6.61 Å². The van der Waals surface area contributed by atoms with Gasteiger partial charge >= 0.3 is 0 Å². The van der Waals surface area contributed by atoms with Gasteiger partial charge in [-0.25, -0.2) is 0 Å². The predicted octanol–water partition coefficient (Wildman–Crippen LogP) is 0.00470. The topological polar surface area (TPSA) is 26.7 Å². The van der Waals surface area contributed by atoms with Gasteiger partial charge in [-0.2, -0.15) is 0 Å². The summed E-state index contributed by atoms with van der Waals surface area (Å²) < 4.78 is 0. The molecule has 72 valence electrons. The summed E-state index contributed by atoms with van der Waals surface area (Å²) in [5.41, 5.74) is 0. The van der Waals surface area contributed by atoms with Gasteiger partial charge in [-0.15, -0.1) is 0 Å². The van der Waals surface area contributed by atoms with E-state index in [1.54, 1.807) is 0 Å². The third-order valence-electron chi connectivity index (χ3n) is 2.68. The van der Waals surface area contributed by atoms with E-state index in [0.717, 1.165) is 13.1 Å². The molecule has 1 N–H and O–H groups in total. The van der Waals surface area contributed by atoms with E-state index in [2.05, 4.69) is 23.9 Å². The van der Waals surface area contributed by atoms with E-state index < -0.39 is 0 Å². The summed E-state index contributed by atoms with van der Waals surface area (Å²) in [6.07, 6.45) is 2.57. The van der Waals surface area contributed by atoms with Crippen LogP contribution in [-0.2, 0) is 0 Å². The number of piperidine rings is 1. The van der Waals surface area contributed by atoms with E-state index >= 15 is 0 Å². The lowest BCUT2D eigenvalue weighted by Gasteiger charge is -2.35. The van der Waals surface area contributed by atoms with Crippen molar-refractivity contribution in [1.82, 2.24) is 9.80 Å². The Bertz CT molecular complexity index is 130. The summed E-state index contributed by atoms with van der Waals surface area (Å²) in [6, 6.07) is 0.649. The molecule has 0 saturated carbocycles. The number of aliphatic hydroxyl groups excluding tert-OH is 1. The molecule has 1 aliphatic rings. The summed E-state index contributed by atoms with van der Waals surface area (Å²) >= 11 is 0. The average Bonchev–Trinajstić information content (AvgIpc) is 2.05. The SMILES string of the molecule is CN1CCC[C@@H](N(C)CCO)C1. The molecule has 1 rings (SSSR count). The van der Waals surface area contributed by atoms with Crippen LogP contribution in [0.3, 0.4) is 0 Å². The fourth-order valence-corrected chi connectivity index (χ4v) is 1.84. The number of rotatable bonds is 3. The molecule has 3 heteroatoms. The third kappa shape index (κ3) is 2.73. The minimum absolute atomic E-state index is 0.275. The number of likely N-dealkylation sites (tertiary alicyclic amines) is 1. The smallest absolute Gasteiger partial charge is 0.0558 e. The second kappa shape index (κ2) is 4.80. The van der Waals surface area contributed by atoms with Crippen molar-refractivity contribution in [2.75, 3.05) is 40.3 Å². The Balaban J connectivity index is 2.29. The molecular weight excluding hydrogens is 152 g/mol. The van der Waals surface area contributed by atoms with Gasteiger partial charge in [0.2, 0.25) is 0 Å². The molecule has 0 amide bonds. The van der Waals surface area contributed by atoms with Crippen LogP contribution in [0.25, 0.3) is 0 Å². The lowest BCUT2D eigenvalue weighted by atomic mass is 10.1. The van der Waals surface area contributed by atoms with Gasteiger partial charge in [-0.3, -0.25) is 4.90 Å². The molecule has 0 unspecified atom stereocenters. The molecule has 1 fully saturated rings. The van der Waals surface area contributed by atoms with Gasteiger partial charge in [-0.05, 0) is 33.5 Å². The number of hydrogen-bond acceptors (Lipinski definition) is 3. The van der Waals surface area contributed by atoms with Crippen molar-refractivity contribution >= 4 is 0 Å². The Labute approximate surface area is 75.0 Å². The Hall–Kier alpha value is -0.120. The maximum Gasteiger partial charge on any atom is 0.0558 e. The van der Waals surface area contributed by atoms with Gasteiger partial charge in [0.25, 0.3) is 0 Å². The molecule has 0 aromatic carbocycles. The highest BCUT2D eigenvalue weighted by atomic mass is 16.3. The molecule has 1 aliphatic heterocycles. The first kappa shape index (κ1) is 9.96. The zero-order valence-electron chi connectivity index (χ0n) is 8.16. The van der Waals surface area contributed by atoms with Crippen molar-refractivity contribution < 1.29 is 5.11 Å². The van der Waals surface area contributed by atoms with Gasteiger partial charge in [-0.1, -0.05) is 0 Å². The molecule has 3 nitrogen and oxygen atoms in total. The van der Waals surface area contributed by atoms with Crippen molar-refractivity contribution in [2.45, 2.75) is 18.9 Å². The molecule has 0 bridgehead atoms. The molecule has 1 saturated heterocycles. The van der Waals surface area contributed by atoms with Crippen molar-refractivity contribution in [2.24, 2.45) is 0 Å².